The zero-order chi connectivity index (χ0) is 21.3. The lowest BCUT2D eigenvalue weighted by molar-refractivity contribution is -0.136. The standard InChI is InChI=1S/C19H14F3N3O4S/c20-19(21,22)16-14(17(26)29-24-16)8-13-6-7-15(30-13)25-9-12(10-25)28-18(27)23-11-4-2-1-3-5-11/h1-8,12H,9-10H2,(H,23,27)/b14-8-. The van der Waals surface area contributed by atoms with Crippen LogP contribution in [0.3, 0.4) is 0 Å². The predicted molar refractivity (Wildman–Crippen MR) is 104 cm³/mol. The van der Waals surface area contributed by atoms with Crippen LogP contribution in [0.2, 0.25) is 0 Å². The van der Waals surface area contributed by atoms with Crippen LogP contribution in [-0.2, 0) is 14.4 Å². The number of rotatable bonds is 4. The molecule has 1 aromatic heterocycles. The molecule has 0 radical (unpaired) electrons. The summed E-state index contributed by atoms with van der Waals surface area (Å²) < 4.78 is 44.1. The molecule has 0 atom stereocenters. The number of amides is 1. The Hall–Kier alpha value is -3.34. The summed E-state index contributed by atoms with van der Waals surface area (Å²) in [5, 5.41) is 6.22. The third-order valence-electron chi connectivity index (χ3n) is 4.32. The SMILES string of the molecule is O=C(Nc1ccccc1)OC1CN(c2ccc(/C=C3\C(=O)ON=C3C(F)(F)F)s2)C1. The van der Waals surface area contributed by atoms with E-state index in [2.05, 4.69) is 15.3 Å². The van der Waals surface area contributed by atoms with Crippen LogP contribution in [0.4, 0.5) is 28.7 Å². The normalized spacial score (nSPS) is 18.1. The maximum Gasteiger partial charge on any atom is 0.437 e. The molecule has 1 N–H and O–H groups in total. The first-order valence-corrected chi connectivity index (χ1v) is 9.57. The monoisotopic (exact) mass is 437 g/mol. The van der Waals surface area contributed by atoms with Gasteiger partial charge in [-0.15, -0.1) is 11.3 Å². The molecule has 2 aliphatic rings. The number of benzene rings is 1. The topological polar surface area (TPSA) is 80.2 Å². The van der Waals surface area contributed by atoms with Crippen molar-refractivity contribution < 1.29 is 32.3 Å². The Labute approximate surface area is 172 Å². The van der Waals surface area contributed by atoms with Gasteiger partial charge in [0.2, 0.25) is 0 Å². The summed E-state index contributed by atoms with van der Waals surface area (Å²) >= 11 is 1.21. The Balaban J connectivity index is 1.33. The minimum atomic E-state index is -4.78. The van der Waals surface area contributed by atoms with Gasteiger partial charge in [0.05, 0.1) is 23.7 Å². The van der Waals surface area contributed by atoms with Gasteiger partial charge in [-0.3, -0.25) is 5.32 Å². The van der Waals surface area contributed by atoms with E-state index in [-0.39, 0.29) is 6.10 Å². The number of para-hydroxylation sites is 1. The lowest BCUT2D eigenvalue weighted by Gasteiger charge is -2.38. The summed E-state index contributed by atoms with van der Waals surface area (Å²) in [4.78, 5) is 30.0. The average Bonchev–Trinajstić information content (AvgIpc) is 3.26. The van der Waals surface area contributed by atoms with Crippen LogP contribution in [-0.4, -0.2) is 43.1 Å². The van der Waals surface area contributed by atoms with E-state index in [1.807, 2.05) is 11.0 Å². The van der Waals surface area contributed by atoms with Gasteiger partial charge in [-0.05, 0) is 30.3 Å². The summed E-state index contributed by atoms with van der Waals surface area (Å²) in [6.45, 7) is 0.909. The number of oxime groups is 1. The molecular formula is C19H14F3N3O4S. The van der Waals surface area contributed by atoms with Crippen molar-refractivity contribution in [2.45, 2.75) is 12.3 Å². The van der Waals surface area contributed by atoms with Gasteiger partial charge in [0, 0.05) is 10.6 Å². The van der Waals surface area contributed by atoms with Gasteiger partial charge < -0.3 is 14.5 Å². The van der Waals surface area contributed by atoms with E-state index < -0.39 is 29.5 Å². The second-order valence-corrected chi connectivity index (χ2v) is 7.57. The number of nitrogens with one attached hydrogen (secondary N) is 1. The molecule has 7 nitrogen and oxygen atoms in total. The summed E-state index contributed by atoms with van der Waals surface area (Å²) in [6.07, 6.45) is -4.52. The molecule has 1 amide bonds. The van der Waals surface area contributed by atoms with Gasteiger partial charge >= 0.3 is 18.2 Å². The number of alkyl halides is 3. The van der Waals surface area contributed by atoms with E-state index in [0.29, 0.717) is 23.7 Å². The smallest absolute Gasteiger partial charge is 0.437 e. The maximum absolute atomic E-state index is 12.9. The summed E-state index contributed by atoms with van der Waals surface area (Å²) in [5.74, 6) is -1.14. The molecule has 30 heavy (non-hydrogen) atoms. The largest absolute Gasteiger partial charge is 0.442 e. The highest BCUT2D eigenvalue weighted by Gasteiger charge is 2.45. The Morgan fingerprint density at radius 3 is 2.67 bits per heavy atom. The van der Waals surface area contributed by atoms with Gasteiger partial charge in [-0.2, -0.15) is 13.2 Å². The van der Waals surface area contributed by atoms with Crippen LogP contribution < -0.4 is 10.2 Å². The quantitative estimate of drug-likeness (QED) is 0.577. The third kappa shape index (κ3) is 4.30. The average molecular weight is 437 g/mol. The number of ether oxygens (including phenoxy) is 1. The molecular weight excluding hydrogens is 423 g/mol. The number of halogens is 3. The highest BCUT2D eigenvalue weighted by atomic mass is 32.1. The van der Waals surface area contributed by atoms with Crippen molar-refractivity contribution in [3.8, 4) is 0 Å². The van der Waals surface area contributed by atoms with E-state index in [0.717, 1.165) is 11.1 Å². The zero-order valence-electron chi connectivity index (χ0n) is 15.2. The molecule has 1 saturated heterocycles. The van der Waals surface area contributed by atoms with Gasteiger partial charge in [0.25, 0.3) is 0 Å². The molecule has 2 aromatic rings. The van der Waals surface area contributed by atoms with Crippen molar-refractivity contribution in [1.82, 2.24) is 0 Å². The van der Waals surface area contributed by atoms with Gasteiger partial charge in [0.15, 0.2) is 5.71 Å². The van der Waals surface area contributed by atoms with E-state index in [1.165, 1.54) is 11.3 Å². The number of thiophene rings is 1. The molecule has 0 saturated carbocycles. The first-order chi connectivity index (χ1) is 14.3. The van der Waals surface area contributed by atoms with Crippen LogP contribution in [0.25, 0.3) is 6.08 Å². The van der Waals surface area contributed by atoms with E-state index in [1.54, 1.807) is 36.4 Å². The molecule has 0 spiro atoms. The number of nitrogens with zero attached hydrogens (tertiary/aromatic N) is 2. The van der Waals surface area contributed by atoms with Crippen LogP contribution in [0.1, 0.15) is 4.88 Å². The molecule has 156 valence electrons. The predicted octanol–water partition coefficient (Wildman–Crippen LogP) is 4.04. The number of carbonyl (C=O) groups excluding carboxylic acids is 2. The Bertz CT molecular complexity index is 1030. The lowest BCUT2D eigenvalue weighted by atomic mass is 10.1. The highest BCUT2D eigenvalue weighted by molar-refractivity contribution is 7.17. The fourth-order valence-corrected chi connectivity index (χ4v) is 3.83. The molecule has 0 aliphatic carbocycles. The first-order valence-electron chi connectivity index (χ1n) is 8.75. The molecule has 1 aromatic carbocycles. The van der Waals surface area contributed by atoms with Crippen LogP contribution >= 0.6 is 11.3 Å². The lowest BCUT2D eigenvalue weighted by Crippen LogP contribution is -2.53. The number of carbonyl (C=O) groups is 2. The van der Waals surface area contributed by atoms with E-state index >= 15 is 0 Å². The van der Waals surface area contributed by atoms with Crippen LogP contribution in [0.15, 0.2) is 53.2 Å². The van der Waals surface area contributed by atoms with Crippen LogP contribution in [0.5, 0.6) is 0 Å². The van der Waals surface area contributed by atoms with Crippen LogP contribution in [0, 0.1) is 0 Å². The molecule has 1 fully saturated rings. The maximum atomic E-state index is 12.9. The minimum Gasteiger partial charge on any atom is -0.442 e. The molecule has 4 rings (SSSR count). The number of anilines is 2. The second kappa shape index (κ2) is 7.82. The molecule has 11 heteroatoms. The molecule has 0 bridgehead atoms. The molecule has 0 unspecified atom stereocenters. The third-order valence-corrected chi connectivity index (χ3v) is 5.41. The van der Waals surface area contributed by atoms with E-state index in [4.69, 9.17) is 4.74 Å². The van der Waals surface area contributed by atoms with Crippen molar-refractivity contribution in [3.63, 3.8) is 0 Å². The van der Waals surface area contributed by atoms with Crippen molar-refractivity contribution in [2.75, 3.05) is 23.3 Å². The van der Waals surface area contributed by atoms with Crippen molar-refractivity contribution in [3.05, 3.63) is 52.9 Å². The second-order valence-electron chi connectivity index (χ2n) is 6.47. The number of hydrogen-bond donors (Lipinski definition) is 1. The van der Waals surface area contributed by atoms with Gasteiger partial charge in [0.1, 0.15) is 6.10 Å². The van der Waals surface area contributed by atoms with Crippen molar-refractivity contribution in [1.29, 1.82) is 0 Å². The summed E-state index contributed by atoms with van der Waals surface area (Å²) in [7, 11) is 0. The van der Waals surface area contributed by atoms with E-state index in [9.17, 15) is 22.8 Å². The first kappa shape index (κ1) is 20.0. The Kier molecular flexibility index (Phi) is 5.20. The van der Waals surface area contributed by atoms with Gasteiger partial charge in [-0.1, -0.05) is 23.4 Å². The zero-order valence-corrected chi connectivity index (χ0v) is 16.0. The highest BCUT2D eigenvalue weighted by Crippen LogP contribution is 2.34. The number of hydrogen-bond acceptors (Lipinski definition) is 7. The van der Waals surface area contributed by atoms with Crippen molar-refractivity contribution >= 4 is 45.9 Å². The minimum absolute atomic E-state index is 0.300. The molecule has 2 aliphatic heterocycles. The fourth-order valence-electron chi connectivity index (χ4n) is 2.86. The van der Waals surface area contributed by atoms with Crippen molar-refractivity contribution in [2.24, 2.45) is 5.16 Å². The Morgan fingerprint density at radius 1 is 1.23 bits per heavy atom. The Morgan fingerprint density at radius 2 is 1.97 bits per heavy atom. The van der Waals surface area contributed by atoms with Gasteiger partial charge in [-0.25, -0.2) is 9.59 Å². The molecule has 3 heterocycles. The summed E-state index contributed by atoms with van der Waals surface area (Å²) in [6, 6.07) is 12.2. The summed E-state index contributed by atoms with van der Waals surface area (Å²) in [5.41, 5.74) is -1.34. The fraction of sp³-hybridized carbons (Fsp3) is 0.211.